The smallest absolute Gasteiger partial charge is 0.410 e. The summed E-state index contributed by atoms with van der Waals surface area (Å²) in [4.78, 5) is 14.9. The molecule has 3 fully saturated rings. The maximum atomic E-state index is 13.0. The fourth-order valence-corrected chi connectivity index (χ4v) is 5.41. The summed E-state index contributed by atoms with van der Waals surface area (Å²) in [5.74, 6) is 0. The van der Waals surface area contributed by atoms with Crippen LogP contribution >= 0.6 is 0 Å². The van der Waals surface area contributed by atoms with Gasteiger partial charge in [0.2, 0.25) is 0 Å². The third-order valence-electron chi connectivity index (χ3n) is 6.76. The molecule has 164 valence electrons. The number of benzene rings is 2. The maximum Gasteiger partial charge on any atom is 0.410 e. The lowest BCUT2D eigenvalue weighted by molar-refractivity contribution is -0.0951. The minimum Gasteiger partial charge on any atom is -0.445 e. The first-order chi connectivity index (χ1) is 15.1. The van der Waals surface area contributed by atoms with Gasteiger partial charge in [-0.05, 0) is 30.4 Å². The summed E-state index contributed by atoms with van der Waals surface area (Å²) < 4.78 is 17.1. The maximum absolute atomic E-state index is 13.0. The second-order valence-corrected chi connectivity index (χ2v) is 8.79. The highest BCUT2D eigenvalue weighted by molar-refractivity contribution is 5.69. The summed E-state index contributed by atoms with van der Waals surface area (Å²) >= 11 is 0. The van der Waals surface area contributed by atoms with Crippen molar-refractivity contribution in [2.45, 2.75) is 62.7 Å². The number of hydrogen-bond acceptors (Lipinski definition) is 5. The quantitative estimate of drug-likeness (QED) is 0.795. The van der Waals surface area contributed by atoms with Crippen molar-refractivity contribution in [2.75, 3.05) is 13.2 Å². The molecule has 3 aliphatic rings. The van der Waals surface area contributed by atoms with E-state index < -0.39 is 11.9 Å². The summed E-state index contributed by atoms with van der Waals surface area (Å²) in [6.07, 6.45) is 3.08. The average molecular weight is 424 g/mol. The van der Waals surface area contributed by atoms with E-state index in [1.807, 2.05) is 59.5 Å². The first-order valence-corrected chi connectivity index (χ1v) is 11.2. The van der Waals surface area contributed by atoms with E-state index in [9.17, 15) is 9.90 Å². The molecule has 2 aromatic rings. The fraction of sp³-hybridized carbons (Fsp3) is 0.480. The number of hydrogen-bond donors (Lipinski definition) is 1. The standard InChI is InChI=1S/C25H29NO5/c27-24(31-17-18-7-2-1-3-8-18)26-19-9-6-10-20(26)16-25(28,15-19)22-12-5-4-11-21(22)23-29-13-14-30-23/h1-5,7-8,11-12,19-20,23,28H,6,9-10,13-17H2. The molecule has 2 aromatic carbocycles. The second-order valence-electron chi connectivity index (χ2n) is 8.79. The largest absolute Gasteiger partial charge is 0.445 e. The minimum atomic E-state index is -1.02. The monoisotopic (exact) mass is 423 g/mol. The van der Waals surface area contributed by atoms with E-state index in [4.69, 9.17) is 14.2 Å². The molecule has 2 unspecified atom stereocenters. The van der Waals surface area contributed by atoms with Crippen molar-refractivity contribution in [2.24, 2.45) is 0 Å². The zero-order chi connectivity index (χ0) is 21.3. The molecular formula is C25H29NO5. The molecule has 0 radical (unpaired) electrons. The fourth-order valence-electron chi connectivity index (χ4n) is 5.41. The molecule has 5 rings (SSSR count). The Labute approximate surface area is 182 Å². The van der Waals surface area contributed by atoms with Crippen LogP contribution in [0, 0.1) is 0 Å². The lowest BCUT2D eigenvalue weighted by atomic mass is 9.71. The summed E-state index contributed by atoms with van der Waals surface area (Å²) in [7, 11) is 0. The topological polar surface area (TPSA) is 68.2 Å². The molecule has 31 heavy (non-hydrogen) atoms. The van der Waals surface area contributed by atoms with Crippen LogP contribution in [0.4, 0.5) is 4.79 Å². The van der Waals surface area contributed by atoms with Crippen molar-refractivity contribution in [3.05, 3.63) is 71.3 Å². The van der Waals surface area contributed by atoms with Gasteiger partial charge >= 0.3 is 6.09 Å². The minimum absolute atomic E-state index is 0.0424. The number of rotatable bonds is 4. The van der Waals surface area contributed by atoms with Crippen LogP contribution in [0.3, 0.4) is 0 Å². The Hall–Kier alpha value is -2.41. The Morgan fingerprint density at radius 1 is 1.00 bits per heavy atom. The van der Waals surface area contributed by atoms with Gasteiger partial charge in [-0.25, -0.2) is 4.79 Å². The van der Waals surface area contributed by atoms with Crippen molar-refractivity contribution < 1.29 is 24.1 Å². The predicted molar refractivity (Wildman–Crippen MR) is 114 cm³/mol. The molecule has 1 amide bonds. The van der Waals surface area contributed by atoms with Crippen molar-refractivity contribution in [3.63, 3.8) is 0 Å². The first-order valence-electron chi connectivity index (χ1n) is 11.2. The van der Waals surface area contributed by atoms with Gasteiger partial charge in [-0.2, -0.15) is 0 Å². The summed E-state index contributed by atoms with van der Waals surface area (Å²) in [5.41, 5.74) is 1.70. The van der Waals surface area contributed by atoms with E-state index in [1.54, 1.807) is 0 Å². The highest BCUT2D eigenvalue weighted by atomic mass is 16.7. The van der Waals surface area contributed by atoms with E-state index in [1.165, 1.54) is 0 Å². The van der Waals surface area contributed by atoms with E-state index in [2.05, 4.69) is 0 Å². The molecule has 0 aliphatic carbocycles. The van der Waals surface area contributed by atoms with Crippen LogP contribution in [0.2, 0.25) is 0 Å². The Morgan fingerprint density at radius 2 is 1.65 bits per heavy atom. The molecule has 6 heteroatoms. The van der Waals surface area contributed by atoms with Crippen LogP contribution in [-0.2, 0) is 26.4 Å². The number of piperidine rings is 2. The zero-order valence-corrected chi connectivity index (χ0v) is 17.6. The normalized spacial score (nSPS) is 28.5. The van der Waals surface area contributed by atoms with Crippen LogP contribution in [0.1, 0.15) is 55.1 Å². The first kappa shape index (κ1) is 20.5. The van der Waals surface area contributed by atoms with Gasteiger partial charge in [-0.1, -0.05) is 54.6 Å². The van der Waals surface area contributed by atoms with Gasteiger partial charge in [-0.15, -0.1) is 0 Å². The number of amides is 1. The molecule has 3 saturated heterocycles. The second kappa shape index (κ2) is 8.61. The summed E-state index contributed by atoms with van der Waals surface area (Å²) in [6.45, 7) is 1.38. The lowest BCUT2D eigenvalue weighted by Gasteiger charge is -2.51. The van der Waals surface area contributed by atoms with Crippen molar-refractivity contribution >= 4 is 6.09 Å². The van der Waals surface area contributed by atoms with Gasteiger partial charge in [0, 0.05) is 30.5 Å². The van der Waals surface area contributed by atoms with Gasteiger partial charge in [-0.3, -0.25) is 0 Å². The van der Waals surface area contributed by atoms with E-state index in [0.29, 0.717) is 26.1 Å². The molecule has 3 aliphatic heterocycles. The molecule has 0 aromatic heterocycles. The van der Waals surface area contributed by atoms with Gasteiger partial charge in [0.25, 0.3) is 0 Å². The van der Waals surface area contributed by atoms with E-state index in [0.717, 1.165) is 36.0 Å². The highest BCUT2D eigenvalue weighted by Gasteiger charge is 2.49. The molecule has 2 atom stereocenters. The van der Waals surface area contributed by atoms with Crippen LogP contribution < -0.4 is 0 Å². The van der Waals surface area contributed by atoms with Crippen LogP contribution in [0.25, 0.3) is 0 Å². The molecule has 0 saturated carbocycles. The molecule has 1 N–H and O–H groups in total. The Morgan fingerprint density at radius 3 is 2.35 bits per heavy atom. The Kier molecular flexibility index (Phi) is 5.69. The zero-order valence-electron chi connectivity index (χ0n) is 17.6. The number of carbonyl (C=O) groups excluding carboxylic acids is 1. The Bertz CT molecular complexity index is 897. The van der Waals surface area contributed by atoms with Gasteiger partial charge < -0.3 is 24.2 Å². The lowest BCUT2D eigenvalue weighted by Crippen LogP contribution is -2.59. The third-order valence-corrected chi connectivity index (χ3v) is 6.76. The number of nitrogens with zero attached hydrogens (tertiary/aromatic N) is 1. The SMILES string of the molecule is O=C(OCc1ccccc1)N1C2CCCC1CC(O)(c1ccccc1C1OCCO1)C2. The van der Waals surface area contributed by atoms with Crippen LogP contribution in [0.5, 0.6) is 0 Å². The number of fused-ring (bicyclic) bond motifs is 2. The number of aliphatic hydroxyl groups is 1. The third kappa shape index (κ3) is 4.07. The van der Waals surface area contributed by atoms with Crippen LogP contribution in [-0.4, -0.2) is 41.4 Å². The summed E-state index contributed by atoms with van der Waals surface area (Å²) in [6, 6.07) is 17.5. The van der Waals surface area contributed by atoms with Crippen molar-refractivity contribution in [1.82, 2.24) is 4.90 Å². The van der Waals surface area contributed by atoms with Gasteiger partial charge in [0.15, 0.2) is 6.29 Å². The van der Waals surface area contributed by atoms with Gasteiger partial charge in [0.05, 0.1) is 18.8 Å². The Balaban J connectivity index is 1.35. The average Bonchev–Trinajstić information content (AvgIpc) is 3.32. The van der Waals surface area contributed by atoms with Crippen molar-refractivity contribution in [1.29, 1.82) is 0 Å². The summed E-state index contributed by atoms with van der Waals surface area (Å²) in [5, 5.41) is 11.8. The predicted octanol–water partition coefficient (Wildman–Crippen LogP) is 4.27. The van der Waals surface area contributed by atoms with Crippen LogP contribution in [0.15, 0.2) is 54.6 Å². The van der Waals surface area contributed by atoms with E-state index in [-0.39, 0.29) is 24.8 Å². The molecule has 0 spiro atoms. The van der Waals surface area contributed by atoms with Crippen molar-refractivity contribution in [3.8, 4) is 0 Å². The van der Waals surface area contributed by atoms with E-state index >= 15 is 0 Å². The molecule has 3 heterocycles. The highest BCUT2D eigenvalue weighted by Crippen LogP contribution is 2.46. The molecular weight excluding hydrogens is 394 g/mol. The molecule has 2 bridgehead atoms. The van der Waals surface area contributed by atoms with Gasteiger partial charge in [0.1, 0.15) is 6.61 Å². The number of carbonyl (C=O) groups is 1. The molecule has 6 nitrogen and oxygen atoms in total. The number of ether oxygens (including phenoxy) is 3.